The van der Waals surface area contributed by atoms with Crippen LogP contribution in [0.3, 0.4) is 0 Å². The number of hydrogen-bond acceptors (Lipinski definition) is 3. The van der Waals surface area contributed by atoms with Gasteiger partial charge >= 0.3 is 0 Å². The fraction of sp³-hybridized carbons (Fsp3) is 0. The summed E-state index contributed by atoms with van der Waals surface area (Å²) in [6.45, 7) is 0. The Bertz CT molecular complexity index is 856. The molecule has 0 fully saturated rings. The molecule has 0 aromatic heterocycles. The quantitative estimate of drug-likeness (QED) is 0.738. The number of nitrogens with one attached hydrogen (secondary N) is 1. The molecule has 0 aliphatic rings. The number of halogens is 5. The summed E-state index contributed by atoms with van der Waals surface area (Å²) in [6.07, 6.45) is 0. The van der Waals surface area contributed by atoms with Gasteiger partial charge in [0.2, 0.25) is 0 Å². The van der Waals surface area contributed by atoms with E-state index in [9.17, 15) is 13.2 Å². The number of benzene rings is 2. The second-order valence-electron chi connectivity index (χ2n) is 4.04. The van der Waals surface area contributed by atoms with Crippen LogP contribution >= 0.6 is 27.5 Å². The van der Waals surface area contributed by atoms with Crippen LogP contribution in [0.1, 0.15) is 11.1 Å². The highest BCUT2D eigenvalue weighted by Gasteiger charge is 2.25. The molecule has 0 atom stereocenters. The molecule has 0 saturated carbocycles. The first-order valence-corrected chi connectivity index (χ1v) is 6.80. The van der Waals surface area contributed by atoms with E-state index in [2.05, 4.69) is 21.2 Å². The van der Waals surface area contributed by atoms with E-state index in [4.69, 9.17) is 22.1 Å². The van der Waals surface area contributed by atoms with Crippen molar-refractivity contribution in [3.63, 3.8) is 0 Å². The molecular weight excluding hydrogens is 383 g/mol. The van der Waals surface area contributed by atoms with Gasteiger partial charge in [0.15, 0.2) is 17.5 Å². The molecule has 0 heterocycles. The summed E-state index contributed by atoms with van der Waals surface area (Å²) in [7, 11) is 0. The second-order valence-corrected chi connectivity index (χ2v) is 5.36. The lowest BCUT2D eigenvalue weighted by Crippen LogP contribution is -2.06. The van der Waals surface area contributed by atoms with Crippen molar-refractivity contribution in [1.82, 2.24) is 0 Å². The zero-order valence-corrected chi connectivity index (χ0v) is 12.9. The van der Waals surface area contributed by atoms with Gasteiger partial charge in [0, 0.05) is 4.47 Å². The molecule has 0 saturated heterocycles. The molecule has 0 radical (unpaired) electrons. The van der Waals surface area contributed by atoms with E-state index in [1.165, 1.54) is 24.3 Å². The third-order valence-corrected chi connectivity index (χ3v) is 3.54. The molecule has 0 amide bonds. The van der Waals surface area contributed by atoms with Crippen LogP contribution in [0.25, 0.3) is 0 Å². The van der Waals surface area contributed by atoms with Gasteiger partial charge in [0.1, 0.15) is 23.3 Å². The Labute approximate surface area is 136 Å². The molecule has 110 valence electrons. The zero-order valence-electron chi connectivity index (χ0n) is 10.5. The standard InChI is InChI=1S/C14H4BrClF3N3/c15-6-1-2-10(9(16)3-6)22-14-8(5-21)12(18)11(17)7(4-20)13(14)19/h1-3,22H. The molecule has 22 heavy (non-hydrogen) atoms. The van der Waals surface area contributed by atoms with Crippen molar-refractivity contribution >= 4 is 38.9 Å². The van der Waals surface area contributed by atoms with Gasteiger partial charge in [-0.25, -0.2) is 13.2 Å². The van der Waals surface area contributed by atoms with Crippen molar-refractivity contribution in [2.45, 2.75) is 0 Å². The Morgan fingerprint density at radius 1 is 1.00 bits per heavy atom. The molecule has 0 unspecified atom stereocenters. The third kappa shape index (κ3) is 2.74. The lowest BCUT2D eigenvalue weighted by Gasteiger charge is -2.13. The minimum absolute atomic E-state index is 0.154. The van der Waals surface area contributed by atoms with Crippen LogP contribution in [-0.4, -0.2) is 0 Å². The van der Waals surface area contributed by atoms with Crippen LogP contribution in [0.2, 0.25) is 5.02 Å². The Morgan fingerprint density at radius 2 is 1.59 bits per heavy atom. The van der Waals surface area contributed by atoms with Crippen LogP contribution in [0.4, 0.5) is 24.5 Å². The molecule has 0 aliphatic carbocycles. The first-order valence-electron chi connectivity index (χ1n) is 5.63. The van der Waals surface area contributed by atoms with Gasteiger partial charge in [-0.2, -0.15) is 10.5 Å². The summed E-state index contributed by atoms with van der Waals surface area (Å²) in [5, 5.41) is 20.2. The smallest absolute Gasteiger partial charge is 0.181 e. The van der Waals surface area contributed by atoms with Crippen LogP contribution in [0.5, 0.6) is 0 Å². The third-order valence-electron chi connectivity index (χ3n) is 2.74. The van der Waals surface area contributed by atoms with E-state index >= 15 is 0 Å². The molecule has 8 heteroatoms. The number of hydrogen-bond donors (Lipinski definition) is 1. The van der Waals surface area contributed by atoms with E-state index in [1.54, 1.807) is 6.07 Å². The van der Waals surface area contributed by atoms with Gasteiger partial charge in [-0.3, -0.25) is 0 Å². The molecule has 0 aliphatic heterocycles. The number of anilines is 2. The molecule has 0 spiro atoms. The SMILES string of the molecule is N#Cc1c(F)c(F)c(C#N)c(Nc2ccc(Br)cc2Cl)c1F. The molecule has 1 N–H and O–H groups in total. The average molecular weight is 387 g/mol. The maximum Gasteiger partial charge on any atom is 0.181 e. The Morgan fingerprint density at radius 3 is 2.14 bits per heavy atom. The average Bonchev–Trinajstić information content (AvgIpc) is 2.48. The molecule has 2 rings (SSSR count). The monoisotopic (exact) mass is 385 g/mol. The molecular formula is C14H4BrClF3N3. The van der Waals surface area contributed by atoms with Crippen molar-refractivity contribution in [2.75, 3.05) is 5.32 Å². The van der Waals surface area contributed by atoms with Crippen molar-refractivity contribution in [1.29, 1.82) is 10.5 Å². The molecule has 3 nitrogen and oxygen atoms in total. The normalized spacial score (nSPS) is 9.95. The fourth-order valence-electron chi connectivity index (χ4n) is 1.71. The highest BCUT2D eigenvalue weighted by Crippen LogP contribution is 2.34. The summed E-state index contributed by atoms with van der Waals surface area (Å²) < 4.78 is 42.1. The van der Waals surface area contributed by atoms with E-state index in [0.29, 0.717) is 4.47 Å². The van der Waals surface area contributed by atoms with Gasteiger partial charge in [0.25, 0.3) is 0 Å². The van der Waals surface area contributed by atoms with Gasteiger partial charge in [-0.05, 0) is 18.2 Å². The summed E-state index contributed by atoms with van der Waals surface area (Å²) in [4.78, 5) is 0. The Balaban J connectivity index is 2.68. The van der Waals surface area contributed by atoms with E-state index in [-0.39, 0.29) is 10.7 Å². The second kappa shape index (κ2) is 6.27. The predicted molar refractivity (Wildman–Crippen MR) is 78.2 cm³/mol. The highest BCUT2D eigenvalue weighted by molar-refractivity contribution is 9.10. The van der Waals surface area contributed by atoms with Crippen molar-refractivity contribution in [2.24, 2.45) is 0 Å². The molecule has 2 aromatic carbocycles. The van der Waals surface area contributed by atoms with E-state index < -0.39 is 34.3 Å². The predicted octanol–water partition coefficient (Wildman–Crippen LogP) is 5.01. The lowest BCUT2D eigenvalue weighted by atomic mass is 10.1. The van der Waals surface area contributed by atoms with E-state index in [1.807, 2.05) is 0 Å². The minimum atomic E-state index is -1.70. The zero-order chi connectivity index (χ0) is 16.4. The number of nitrogens with zero attached hydrogens (tertiary/aromatic N) is 2. The van der Waals surface area contributed by atoms with Crippen molar-refractivity contribution in [3.8, 4) is 12.1 Å². The number of nitriles is 2. The van der Waals surface area contributed by atoms with Crippen LogP contribution in [0.15, 0.2) is 22.7 Å². The first-order chi connectivity index (χ1) is 10.4. The van der Waals surface area contributed by atoms with Crippen LogP contribution in [-0.2, 0) is 0 Å². The van der Waals surface area contributed by atoms with E-state index in [0.717, 1.165) is 0 Å². The Hall–Kier alpha value is -2.22. The largest absolute Gasteiger partial charge is 0.351 e. The van der Waals surface area contributed by atoms with Crippen molar-refractivity contribution in [3.05, 3.63) is 56.3 Å². The van der Waals surface area contributed by atoms with Gasteiger partial charge in [0.05, 0.1) is 16.4 Å². The maximum atomic E-state index is 14.2. The summed E-state index contributed by atoms with van der Waals surface area (Å²) in [5.74, 6) is -4.67. The van der Waals surface area contributed by atoms with Gasteiger partial charge in [-0.1, -0.05) is 27.5 Å². The number of rotatable bonds is 2. The molecule has 2 aromatic rings. The first kappa shape index (κ1) is 16.2. The fourth-order valence-corrected chi connectivity index (χ4v) is 2.43. The van der Waals surface area contributed by atoms with Crippen LogP contribution < -0.4 is 5.32 Å². The maximum absolute atomic E-state index is 14.2. The van der Waals surface area contributed by atoms with Crippen molar-refractivity contribution < 1.29 is 13.2 Å². The van der Waals surface area contributed by atoms with Gasteiger partial charge in [-0.15, -0.1) is 0 Å². The lowest BCUT2D eigenvalue weighted by molar-refractivity contribution is 0.490. The summed E-state index contributed by atoms with van der Waals surface area (Å²) in [6, 6.07) is 7.10. The summed E-state index contributed by atoms with van der Waals surface area (Å²) in [5.41, 5.74) is -2.49. The Kier molecular flexibility index (Phi) is 4.60. The van der Waals surface area contributed by atoms with Crippen LogP contribution in [0, 0.1) is 40.1 Å². The highest BCUT2D eigenvalue weighted by atomic mass is 79.9. The minimum Gasteiger partial charge on any atom is -0.351 e. The molecule has 0 bridgehead atoms. The van der Waals surface area contributed by atoms with Gasteiger partial charge < -0.3 is 5.32 Å². The summed E-state index contributed by atoms with van der Waals surface area (Å²) >= 11 is 9.12. The topological polar surface area (TPSA) is 59.6 Å².